The van der Waals surface area contributed by atoms with Crippen molar-refractivity contribution in [3.05, 3.63) is 36.0 Å². The summed E-state index contributed by atoms with van der Waals surface area (Å²) in [5.41, 5.74) is 4.61. The average Bonchev–Trinajstić information content (AvgIpc) is 3.12. The van der Waals surface area contributed by atoms with E-state index in [0.29, 0.717) is 17.1 Å². The molecule has 7 nitrogen and oxygen atoms in total. The van der Waals surface area contributed by atoms with E-state index in [-0.39, 0.29) is 17.8 Å². The first-order valence-corrected chi connectivity index (χ1v) is 11.2. The maximum atomic E-state index is 12.8. The Labute approximate surface area is 175 Å². The first-order valence-electron chi connectivity index (χ1n) is 9.61. The second-order valence-electron chi connectivity index (χ2n) is 7.70. The van der Waals surface area contributed by atoms with E-state index < -0.39 is 10.8 Å². The molecule has 1 amide bonds. The van der Waals surface area contributed by atoms with Crippen molar-refractivity contribution >= 4 is 38.5 Å². The molecule has 1 aromatic heterocycles. The van der Waals surface area contributed by atoms with Crippen molar-refractivity contribution in [3.8, 4) is 22.8 Å². The fraction of sp³-hybridized carbons (Fsp3) is 0.273. The molecule has 0 fully saturated rings. The Morgan fingerprint density at radius 2 is 2.10 bits per heavy atom. The van der Waals surface area contributed by atoms with Gasteiger partial charge in [0.05, 0.1) is 39.4 Å². The number of ether oxygens (including phenoxy) is 1. The topological polar surface area (TPSA) is 84.4 Å². The van der Waals surface area contributed by atoms with Crippen molar-refractivity contribution in [2.24, 2.45) is 7.05 Å². The van der Waals surface area contributed by atoms with E-state index in [4.69, 9.17) is 4.74 Å². The van der Waals surface area contributed by atoms with Gasteiger partial charge in [0.1, 0.15) is 19.0 Å². The van der Waals surface area contributed by atoms with Crippen LogP contribution >= 0.6 is 0 Å². The average molecular weight is 425 g/mol. The number of hydrogen-bond acceptors (Lipinski definition) is 4. The number of aromatic nitrogens is 2. The molecule has 2 aliphatic heterocycles. The summed E-state index contributed by atoms with van der Waals surface area (Å²) >= 11 is 0. The minimum Gasteiger partial charge on any atom is -0.508 e. The molecule has 154 valence electrons. The first kappa shape index (κ1) is 18.9. The smallest absolute Gasteiger partial charge is 0.258 e. The third-order valence-electron chi connectivity index (χ3n) is 5.88. The fourth-order valence-electron chi connectivity index (χ4n) is 4.87. The van der Waals surface area contributed by atoms with Crippen molar-refractivity contribution in [2.45, 2.75) is 24.4 Å². The van der Waals surface area contributed by atoms with Gasteiger partial charge in [0.2, 0.25) is 11.7 Å². The highest BCUT2D eigenvalue weighted by Crippen LogP contribution is 2.51. The molecule has 8 heteroatoms. The van der Waals surface area contributed by atoms with E-state index in [2.05, 4.69) is 9.88 Å². The van der Waals surface area contributed by atoms with Gasteiger partial charge in [0.15, 0.2) is 6.20 Å². The van der Waals surface area contributed by atoms with Gasteiger partial charge in [-0.25, -0.2) is 0 Å². The Morgan fingerprint density at radius 1 is 1.33 bits per heavy atom. The molecule has 1 aliphatic carbocycles. The molecular weight excluding hydrogens is 402 g/mol. The Balaban J connectivity index is 2.06. The SMILES string of the molecule is COc1c(S(C)=O)c2c3c4c(cc[n+](C)c1-3)c1cc(O)ccc1n4C(NC(C)=O)C2. The number of aryl methyl sites for hydroxylation is 1. The van der Waals surface area contributed by atoms with Crippen LogP contribution < -0.4 is 14.6 Å². The molecular formula is C22H22N3O4S+. The number of fused-ring (bicyclic) bond motifs is 3. The largest absolute Gasteiger partial charge is 0.508 e. The Morgan fingerprint density at radius 3 is 2.77 bits per heavy atom. The second kappa shape index (κ2) is 6.43. The van der Waals surface area contributed by atoms with E-state index >= 15 is 0 Å². The molecule has 2 unspecified atom stereocenters. The summed E-state index contributed by atoms with van der Waals surface area (Å²) in [4.78, 5) is 12.7. The van der Waals surface area contributed by atoms with E-state index in [1.807, 2.05) is 29.9 Å². The van der Waals surface area contributed by atoms with E-state index in [1.165, 1.54) is 6.92 Å². The minimum atomic E-state index is -1.27. The molecule has 0 spiro atoms. The van der Waals surface area contributed by atoms with Crippen LogP contribution in [0.2, 0.25) is 0 Å². The Bertz CT molecular complexity index is 1370. The molecule has 0 radical (unpaired) electrons. The van der Waals surface area contributed by atoms with E-state index in [9.17, 15) is 14.1 Å². The van der Waals surface area contributed by atoms with Gasteiger partial charge < -0.3 is 19.7 Å². The zero-order valence-electron chi connectivity index (χ0n) is 17.1. The van der Waals surface area contributed by atoms with Crippen LogP contribution in [-0.2, 0) is 29.1 Å². The van der Waals surface area contributed by atoms with Gasteiger partial charge in [-0.3, -0.25) is 9.00 Å². The summed E-state index contributed by atoms with van der Waals surface area (Å²) in [5.74, 6) is 0.639. The van der Waals surface area contributed by atoms with Gasteiger partial charge in [-0.15, -0.1) is 0 Å². The molecule has 0 saturated carbocycles. The summed E-state index contributed by atoms with van der Waals surface area (Å²) < 4.78 is 22.6. The van der Waals surface area contributed by atoms with Gasteiger partial charge in [0, 0.05) is 36.4 Å². The quantitative estimate of drug-likeness (QED) is 0.495. The predicted molar refractivity (Wildman–Crippen MR) is 114 cm³/mol. The second-order valence-corrected chi connectivity index (χ2v) is 9.02. The molecule has 3 aliphatic rings. The monoisotopic (exact) mass is 424 g/mol. The number of nitrogens with one attached hydrogen (secondary N) is 1. The predicted octanol–water partition coefficient (Wildman–Crippen LogP) is 2.37. The van der Waals surface area contributed by atoms with Crippen molar-refractivity contribution < 1.29 is 23.4 Å². The normalized spacial score (nSPS) is 16.5. The Kier molecular flexibility index (Phi) is 4.05. The molecule has 0 bridgehead atoms. The molecule has 30 heavy (non-hydrogen) atoms. The van der Waals surface area contributed by atoms with Gasteiger partial charge in [-0.2, -0.15) is 4.57 Å². The number of aromatic hydroxyl groups is 1. The van der Waals surface area contributed by atoms with Crippen molar-refractivity contribution in [1.29, 1.82) is 0 Å². The maximum absolute atomic E-state index is 12.8. The zero-order valence-corrected chi connectivity index (χ0v) is 18.0. The number of carbonyl (C=O) groups excluding carboxylic acids is 1. The fourth-order valence-corrected chi connectivity index (χ4v) is 5.84. The lowest BCUT2D eigenvalue weighted by Gasteiger charge is -2.26. The number of hydrogen-bond donors (Lipinski definition) is 2. The van der Waals surface area contributed by atoms with Gasteiger partial charge >= 0.3 is 0 Å². The summed E-state index contributed by atoms with van der Waals surface area (Å²) in [6.07, 6.45) is 3.75. The van der Waals surface area contributed by atoms with Crippen LogP contribution in [0.1, 0.15) is 18.7 Å². The molecule has 5 rings (SSSR count). The number of amides is 1. The molecule has 0 saturated heterocycles. The maximum Gasteiger partial charge on any atom is 0.258 e. The van der Waals surface area contributed by atoms with Crippen LogP contribution in [0.4, 0.5) is 0 Å². The molecule has 3 heterocycles. The summed E-state index contributed by atoms with van der Waals surface area (Å²) in [5, 5.41) is 15.0. The molecule has 2 aromatic rings. The van der Waals surface area contributed by atoms with Crippen LogP contribution in [0.5, 0.6) is 11.5 Å². The first-order chi connectivity index (χ1) is 14.3. The number of carbonyl (C=O) groups is 1. The Hall–Kier alpha value is -3.13. The van der Waals surface area contributed by atoms with Crippen molar-refractivity contribution in [1.82, 2.24) is 9.88 Å². The summed E-state index contributed by atoms with van der Waals surface area (Å²) in [6, 6.07) is 7.28. The minimum absolute atomic E-state index is 0.142. The van der Waals surface area contributed by atoms with Crippen molar-refractivity contribution in [3.63, 3.8) is 0 Å². The van der Waals surface area contributed by atoms with Crippen LogP contribution in [-0.4, -0.2) is 33.2 Å². The lowest BCUT2D eigenvalue weighted by atomic mass is 10.0. The van der Waals surface area contributed by atoms with E-state index in [1.54, 1.807) is 25.5 Å². The number of methoxy groups -OCH3 is 1. The zero-order chi connectivity index (χ0) is 21.3. The molecule has 1 aromatic carbocycles. The summed E-state index contributed by atoms with van der Waals surface area (Å²) in [6.45, 7) is 1.50. The summed E-state index contributed by atoms with van der Waals surface area (Å²) in [7, 11) is 2.26. The number of benzene rings is 1. The number of phenolic OH excluding ortho intramolecular Hbond substituents is 1. The van der Waals surface area contributed by atoms with Crippen molar-refractivity contribution in [2.75, 3.05) is 13.4 Å². The van der Waals surface area contributed by atoms with Gasteiger partial charge in [0.25, 0.3) is 5.69 Å². The third kappa shape index (κ3) is 2.40. The lowest BCUT2D eigenvalue weighted by Crippen LogP contribution is -2.34. The lowest BCUT2D eigenvalue weighted by molar-refractivity contribution is -0.659. The third-order valence-corrected chi connectivity index (χ3v) is 6.89. The number of nitrogens with zero attached hydrogens (tertiary/aromatic N) is 2. The van der Waals surface area contributed by atoms with Crippen LogP contribution in [0.15, 0.2) is 35.4 Å². The molecule has 2 atom stereocenters. The highest BCUT2D eigenvalue weighted by Gasteiger charge is 2.40. The van der Waals surface area contributed by atoms with E-state index in [0.717, 1.165) is 38.6 Å². The van der Waals surface area contributed by atoms with Crippen LogP contribution in [0.25, 0.3) is 33.1 Å². The number of phenols is 1. The van der Waals surface area contributed by atoms with Gasteiger partial charge in [-0.05, 0) is 23.8 Å². The van der Waals surface area contributed by atoms with Gasteiger partial charge in [-0.1, -0.05) is 0 Å². The highest BCUT2D eigenvalue weighted by molar-refractivity contribution is 7.84. The van der Waals surface area contributed by atoms with Crippen LogP contribution in [0.3, 0.4) is 0 Å². The van der Waals surface area contributed by atoms with Crippen LogP contribution in [0, 0.1) is 0 Å². The standard InChI is InChI=1S/C22H21N3O4S/c1-11(26)23-17-10-15-18-19-13(14-9-12(27)5-6-16(14)25(17)19)7-8-24(2)20(18)21(29-3)22(15)30(4)28/h5-9,17H,10H2,1-4H3,(H-,23,26,27)/p+1. The molecule has 2 N–H and O–H groups in total. The number of rotatable bonds is 3. The highest BCUT2D eigenvalue weighted by atomic mass is 32.2.